The molecule has 0 bridgehead atoms. The lowest BCUT2D eigenvalue weighted by atomic mass is 9.57. The van der Waals surface area contributed by atoms with E-state index in [0.29, 0.717) is 32.5 Å². The van der Waals surface area contributed by atoms with Crippen molar-refractivity contribution in [1.82, 2.24) is 0 Å². The second-order valence-corrected chi connectivity index (χ2v) is 13.7. The lowest BCUT2D eigenvalue weighted by Gasteiger charge is -2.44. The number of phenolic OH excluding ortho intramolecular Hbond substituents is 1. The Balaban J connectivity index is 1.33. The van der Waals surface area contributed by atoms with Gasteiger partial charge in [0.2, 0.25) is 23.6 Å². The summed E-state index contributed by atoms with van der Waals surface area (Å²) < 4.78 is 6.03. The van der Waals surface area contributed by atoms with Crippen molar-refractivity contribution in [1.29, 1.82) is 0 Å². The number of halogens is 1. The Bertz CT molecular complexity index is 1970. The van der Waals surface area contributed by atoms with Crippen molar-refractivity contribution >= 4 is 62.5 Å². The number of carbonyl (C=O) groups excluding carboxylic acids is 6. The Morgan fingerprint density at radius 2 is 1.27 bits per heavy atom. The molecule has 1 N–H and O–H groups in total. The fourth-order valence-corrected chi connectivity index (χ4v) is 8.58. The minimum absolute atomic E-state index is 0.141. The van der Waals surface area contributed by atoms with Gasteiger partial charge in [-0.1, -0.05) is 27.6 Å². The zero-order chi connectivity index (χ0) is 34.2. The Labute approximate surface area is 284 Å². The Morgan fingerprint density at radius 3 is 1.79 bits per heavy atom. The molecule has 11 heteroatoms. The van der Waals surface area contributed by atoms with Gasteiger partial charge in [0.15, 0.2) is 23.1 Å². The molecule has 0 radical (unpaired) electrons. The van der Waals surface area contributed by atoms with Crippen molar-refractivity contribution in [3.63, 3.8) is 0 Å². The molecule has 0 spiro atoms. The van der Waals surface area contributed by atoms with Gasteiger partial charge in [0.1, 0.15) is 0 Å². The van der Waals surface area contributed by atoms with E-state index in [2.05, 4.69) is 15.9 Å². The number of carbonyl (C=O) groups is 6. The number of rotatable bonds is 6. The maximum Gasteiger partial charge on any atom is 0.238 e. The molecular weight excluding hydrogens is 680 g/mol. The first-order valence-electron chi connectivity index (χ1n) is 15.7. The number of fused-ring (bicyclic) bond motifs is 4. The number of anilines is 2. The number of hydrogen-bond acceptors (Lipinski definition) is 8. The highest BCUT2D eigenvalue weighted by atomic mass is 79.9. The number of phenols is 1. The van der Waals surface area contributed by atoms with Crippen LogP contribution in [-0.4, -0.2) is 47.4 Å². The molecule has 2 aliphatic heterocycles. The van der Waals surface area contributed by atoms with Crippen LogP contribution in [0.5, 0.6) is 11.5 Å². The Hall–Kier alpha value is -4.90. The quantitative estimate of drug-likeness (QED) is 0.198. The third-order valence-electron chi connectivity index (χ3n) is 10.3. The van der Waals surface area contributed by atoms with Gasteiger partial charge >= 0.3 is 0 Å². The maximum atomic E-state index is 14.4. The molecule has 3 aromatic carbocycles. The summed E-state index contributed by atoms with van der Waals surface area (Å²) in [7, 11) is 1.42. The van der Waals surface area contributed by atoms with Crippen LogP contribution in [0, 0.1) is 29.6 Å². The molecule has 1 saturated carbocycles. The SMILES string of the molecule is COc1cc(Br)cc([C@H]2C3=CC[C@@H]4C(=O)N(c5ccc(C(C)=O)cc5)C(=O)[C@@H]4[C@@H]3C[C@H]3C(=O)N(c4ccc(C(C)=O)cc4)C(=O)[C@@H]23)c1O. The summed E-state index contributed by atoms with van der Waals surface area (Å²) in [6.07, 6.45) is 2.29. The normalized spacial score (nSPS) is 26.2. The predicted octanol–water partition coefficient (Wildman–Crippen LogP) is 5.61. The van der Waals surface area contributed by atoms with Crippen LogP contribution in [0.15, 0.2) is 76.8 Å². The summed E-state index contributed by atoms with van der Waals surface area (Å²) in [5, 5.41) is 11.5. The van der Waals surface area contributed by atoms with E-state index in [4.69, 9.17) is 4.74 Å². The van der Waals surface area contributed by atoms with Crippen LogP contribution in [0.2, 0.25) is 0 Å². The van der Waals surface area contributed by atoms with Gasteiger partial charge in [-0.25, -0.2) is 0 Å². The minimum Gasteiger partial charge on any atom is -0.504 e. The highest BCUT2D eigenvalue weighted by Gasteiger charge is 2.62. The summed E-state index contributed by atoms with van der Waals surface area (Å²) in [5.74, 6) is -6.57. The van der Waals surface area contributed by atoms with E-state index in [9.17, 15) is 33.9 Å². The summed E-state index contributed by atoms with van der Waals surface area (Å²) >= 11 is 3.49. The minimum atomic E-state index is -0.906. The van der Waals surface area contributed by atoms with E-state index in [1.54, 1.807) is 60.7 Å². The van der Waals surface area contributed by atoms with E-state index in [0.717, 1.165) is 10.5 Å². The highest BCUT2D eigenvalue weighted by Crippen LogP contribution is 2.60. The van der Waals surface area contributed by atoms with Crippen molar-refractivity contribution in [2.45, 2.75) is 32.6 Å². The zero-order valence-electron chi connectivity index (χ0n) is 26.3. The second kappa shape index (κ2) is 11.7. The smallest absolute Gasteiger partial charge is 0.238 e. The number of nitrogens with zero attached hydrogens (tertiary/aromatic N) is 2. The van der Waals surface area contributed by atoms with Crippen molar-refractivity contribution in [3.8, 4) is 11.5 Å². The number of benzene rings is 3. The summed E-state index contributed by atoms with van der Waals surface area (Å²) in [5.41, 5.74) is 2.66. The van der Waals surface area contributed by atoms with Crippen LogP contribution in [0.1, 0.15) is 58.9 Å². The van der Waals surface area contributed by atoms with Crippen molar-refractivity contribution in [3.05, 3.63) is 93.5 Å². The third kappa shape index (κ3) is 4.74. The molecule has 2 saturated heterocycles. The molecule has 244 valence electrons. The second-order valence-electron chi connectivity index (χ2n) is 12.8. The number of Topliss-reactive ketones (excluding diaryl/α,β-unsaturated/α-hetero) is 2. The van der Waals surface area contributed by atoms with Crippen LogP contribution in [0.25, 0.3) is 0 Å². The fourth-order valence-electron chi connectivity index (χ4n) is 8.12. The number of amides is 4. The maximum absolute atomic E-state index is 14.4. The number of aromatic hydroxyl groups is 1. The van der Waals surface area contributed by atoms with Gasteiger partial charge in [-0.3, -0.25) is 38.6 Å². The highest BCUT2D eigenvalue weighted by molar-refractivity contribution is 9.10. The molecular formula is C37H31BrN2O8. The van der Waals surface area contributed by atoms with Gasteiger partial charge in [0, 0.05) is 27.1 Å². The van der Waals surface area contributed by atoms with Crippen LogP contribution >= 0.6 is 15.9 Å². The topological polar surface area (TPSA) is 138 Å². The van der Waals surface area contributed by atoms with E-state index < -0.39 is 53.2 Å². The first kappa shape index (κ1) is 31.7. The van der Waals surface area contributed by atoms with E-state index in [1.807, 2.05) is 6.08 Å². The molecule has 0 aromatic heterocycles. The van der Waals surface area contributed by atoms with Crippen LogP contribution < -0.4 is 14.5 Å². The number of ether oxygens (including phenoxy) is 1. The van der Waals surface area contributed by atoms with Crippen LogP contribution in [0.3, 0.4) is 0 Å². The van der Waals surface area contributed by atoms with E-state index >= 15 is 0 Å². The fraction of sp³-hybridized carbons (Fsp3) is 0.297. The largest absolute Gasteiger partial charge is 0.504 e. The zero-order valence-corrected chi connectivity index (χ0v) is 27.9. The van der Waals surface area contributed by atoms with Gasteiger partial charge in [-0.05, 0) is 93.3 Å². The lowest BCUT2D eigenvalue weighted by molar-refractivity contribution is -0.126. The van der Waals surface area contributed by atoms with Gasteiger partial charge in [0.25, 0.3) is 0 Å². The molecule has 10 nitrogen and oxygen atoms in total. The van der Waals surface area contributed by atoms with Crippen LogP contribution in [0.4, 0.5) is 11.4 Å². The standard InChI is InChI=1S/C37H31BrN2O8/c1-17(41)19-4-8-22(9-5-19)39-34(44)25-13-12-24-26(31(25)36(39)46)16-28-32(30(24)27-14-21(38)15-29(48-3)33(27)43)37(47)40(35(28)45)23-10-6-20(7-11-23)18(2)42/h4-12,14-15,25-26,28,30-32,43H,13,16H2,1-3H3/t25-,26+,28+,30+,31-,32+/m0/s1. The Kier molecular flexibility index (Phi) is 7.70. The predicted molar refractivity (Wildman–Crippen MR) is 178 cm³/mol. The third-order valence-corrected chi connectivity index (χ3v) is 10.8. The monoisotopic (exact) mass is 710 g/mol. The van der Waals surface area contributed by atoms with Crippen molar-refractivity contribution < 1.29 is 38.6 Å². The molecule has 3 fully saturated rings. The number of hydrogen-bond donors (Lipinski definition) is 1. The Morgan fingerprint density at radius 1 is 0.750 bits per heavy atom. The van der Waals surface area contributed by atoms with Gasteiger partial charge in [0.05, 0.1) is 42.2 Å². The number of imide groups is 2. The number of allylic oxidation sites excluding steroid dienone is 2. The number of methoxy groups -OCH3 is 1. The first-order chi connectivity index (χ1) is 22.9. The lowest BCUT2D eigenvalue weighted by Crippen LogP contribution is -2.43. The van der Waals surface area contributed by atoms with E-state index in [-0.39, 0.29) is 41.8 Å². The number of ketones is 2. The summed E-state index contributed by atoms with van der Waals surface area (Å²) in [6.45, 7) is 2.87. The van der Waals surface area contributed by atoms with Gasteiger partial charge in [-0.15, -0.1) is 0 Å². The molecule has 4 amide bonds. The molecule has 3 aromatic rings. The van der Waals surface area contributed by atoms with Crippen LogP contribution in [-0.2, 0) is 19.2 Å². The summed E-state index contributed by atoms with van der Waals surface area (Å²) in [6, 6.07) is 15.9. The van der Waals surface area contributed by atoms with Gasteiger partial charge < -0.3 is 9.84 Å². The average molecular weight is 712 g/mol. The van der Waals surface area contributed by atoms with Crippen molar-refractivity contribution in [2.24, 2.45) is 29.6 Å². The molecule has 0 unspecified atom stereocenters. The first-order valence-corrected chi connectivity index (χ1v) is 16.5. The average Bonchev–Trinajstić information content (AvgIpc) is 3.48. The molecule has 6 atom stereocenters. The molecule has 2 aliphatic carbocycles. The molecule has 2 heterocycles. The van der Waals surface area contributed by atoms with E-state index in [1.165, 1.54) is 25.9 Å². The summed E-state index contributed by atoms with van der Waals surface area (Å²) in [4.78, 5) is 82.7. The van der Waals surface area contributed by atoms with Crippen molar-refractivity contribution in [2.75, 3.05) is 16.9 Å². The molecule has 48 heavy (non-hydrogen) atoms. The van der Waals surface area contributed by atoms with Gasteiger partial charge in [-0.2, -0.15) is 0 Å². The molecule has 7 rings (SSSR count). The molecule has 4 aliphatic rings.